The topological polar surface area (TPSA) is 90.7 Å². The maximum Gasteiger partial charge on any atom is 0.271 e. The van der Waals surface area contributed by atoms with Crippen molar-refractivity contribution in [1.29, 1.82) is 0 Å². The first-order valence-electron chi connectivity index (χ1n) is 7.84. The van der Waals surface area contributed by atoms with E-state index in [1.54, 1.807) is 13.0 Å². The minimum absolute atomic E-state index is 0.138. The number of ether oxygens (including phenoxy) is 2. The number of nitrogens with one attached hydrogen (secondary N) is 1. The average Bonchev–Trinajstić information content (AvgIpc) is 2.61. The SMILES string of the molecule is CCc1ccccc1O[C@@H](C)C(=O)Nc1cc([N+](=O)[O-])ccc1OC. The van der Waals surface area contributed by atoms with Crippen molar-refractivity contribution < 1.29 is 19.2 Å². The van der Waals surface area contributed by atoms with E-state index in [1.807, 2.05) is 25.1 Å². The van der Waals surface area contributed by atoms with Gasteiger partial charge < -0.3 is 14.8 Å². The quantitative estimate of drug-likeness (QED) is 0.612. The summed E-state index contributed by atoms with van der Waals surface area (Å²) in [7, 11) is 1.42. The fourth-order valence-corrected chi connectivity index (χ4v) is 2.30. The van der Waals surface area contributed by atoms with Crippen LogP contribution in [0, 0.1) is 10.1 Å². The summed E-state index contributed by atoms with van der Waals surface area (Å²) >= 11 is 0. The number of nitro benzene ring substituents is 1. The molecule has 1 atom stereocenters. The Morgan fingerprint density at radius 1 is 1.24 bits per heavy atom. The summed E-state index contributed by atoms with van der Waals surface area (Å²) in [4.78, 5) is 22.8. The van der Waals surface area contributed by atoms with Gasteiger partial charge in [0.15, 0.2) is 6.10 Å². The van der Waals surface area contributed by atoms with E-state index in [4.69, 9.17) is 9.47 Å². The van der Waals surface area contributed by atoms with Gasteiger partial charge in [0.1, 0.15) is 11.5 Å². The summed E-state index contributed by atoms with van der Waals surface area (Å²) in [5, 5.41) is 13.5. The Morgan fingerprint density at radius 2 is 1.96 bits per heavy atom. The molecule has 25 heavy (non-hydrogen) atoms. The van der Waals surface area contributed by atoms with Gasteiger partial charge in [0, 0.05) is 12.1 Å². The Hall–Kier alpha value is -3.09. The number of rotatable bonds is 7. The molecule has 0 radical (unpaired) electrons. The molecule has 2 rings (SSSR count). The summed E-state index contributed by atoms with van der Waals surface area (Å²) in [5.41, 5.74) is 1.08. The van der Waals surface area contributed by atoms with Crippen LogP contribution in [0.25, 0.3) is 0 Å². The number of hydrogen-bond acceptors (Lipinski definition) is 5. The second kappa shape index (κ2) is 8.14. The molecule has 132 valence electrons. The van der Waals surface area contributed by atoms with Crippen LogP contribution in [-0.2, 0) is 11.2 Å². The zero-order valence-electron chi connectivity index (χ0n) is 14.3. The molecular formula is C18H20N2O5. The van der Waals surface area contributed by atoms with Crippen LogP contribution in [0.5, 0.6) is 11.5 Å². The minimum atomic E-state index is -0.781. The highest BCUT2D eigenvalue weighted by atomic mass is 16.6. The van der Waals surface area contributed by atoms with Gasteiger partial charge in [0.2, 0.25) is 0 Å². The second-order valence-corrected chi connectivity index (χ2v) is 5.35. The lowest BCUT2D eigenvalue weighted by Gasteiger charge is -2.17. The van der Waals surface area contributed by atoms with E-state index in [1.165, 1.54) is 25.3 Å². The van der Waals surface area contributed by atoms with Gasteiger partial charge in [-0.15, -0.1) is 0 Å². The van der Waals surface area contributed by atoms with Gasteiger partial charge in [-0.1, -0.05) is 25.1 Å². The number of nitrogens with zero attached hydrogens (tertiary/aromatic N) is 1. The number of nitro groups is 1. The molecule has 0 aliphatic heterocycles. The number of hydrogen-bond donors (Lipinski definition) is 1. The van der Waals surface area contributed by atoms with Gasteiger partial charge in [-0.05, 0) is 31.0 Å². The zero-order valence-corrected chi connectivity index (χ0v) is 14.3. The fourth-order valence-electron chi connectivity index (χ4n) is 2.30. The van der Waals surface area contributed by atoms with Gasteiger partial charge in [0.25, 0.3) is 11.6 Å². The number of aryl methyl sites for hydroxylation is 1. The zero-order chi connectivity index (χ0) is 18.4. The summed E-state index contributed by atoms with van der Waals surface area (Å²) in [5.74, 6) is 0.545. The number of methoxy groups -OCH3 is 1. The van der Waals surface area contributed by atoms with Crippen molar-refractivity contribution in [2.24, 2.45) is 0 Å². The van der Waals surface area contributed by atoms with Crippen LogP contribution in [0.1, 0.15) is 19.4 Å². The van der Waals surface area contributed by atoms with Crippen molar-refractivity contribution >= 4 is 17.3 Å². The van der Waals surface area contributed by atoms with Gasteiger partial charge >= 0.3 is 0 Å². The standard InChI is InChI=1S/C18H20N2O5/c1-4-13-7-5-6-8-16(13)25-12(2)18(21)19-15-11-14(20(22)23)9-10-17(15)24-3/h5-12H,4H2,1-3H3,(H,19,21)/t12-/m0/s1. The number of non-ortho nitro benzene ring substituents is 1. The van der Waals surface area contributed by atoms with Crippen molar-refractivity contribution in [3.05, 3.63) is 58.1 Å². The molecule has 0 bridgehead atoms. The van der Waals surface area contributed by atoms with Crippen LogP contribution in [-0.4, -0.2) is 24.0 Å². The maximum absolute atomic E-state index is 12.4. The molecule has 0 fully saturated rings. The third kappa shape index (κ3) is 4.47. The van der Waals surface area contributed by atoms with Crippen LogP contribution in [0.4, 0.5) is 11.4 Å². The lowest BCUT2D eigenvalue weighted by atomic mass is 10.1. The van der Waals surface area contributed by atoms with Crippen molar-refractivity contribution in [1.82, 2.24) is 0 Å². The Bertz CT molecular complexity index is 776. The van der Waals surface area contributed by atoms with E-state index in [9.17, 15) is 14.9 Å². The van der Waals surface area contributed by atoms with E-state index in [0.29, 0.717) is 11.5 Å². The normalized spacial score (nSPS) is 11.5. The molecule has 7 heteroatoms. The smallest absolute Gasteiger partial charge is 0.271 e. The predicted octanol–water partition coefficient (Wildman–Crippen LogP) is 3.57. The molecule has 0 saturated heterocycles. The molecule has 1 amide bonds. The molecular weight excluding hydrogens is 324 g/mol. The van der Waals surface area contributed by atoms with E-state index >= 15 is 0 Å². The molecule has 0 aliphatic rings. The van der Waals surface area contributed by atoms with Crippen molar-refractivity contribution in [3.8, 4) is 11.5 Å². The maximum atomic E-state index is 12.4. The summed E-state index contributed by atoms with van der Waals surface area (Å²) in [6, 6.07) is 11.5. The molecule has 0 heterocycles. The van der Waals surface area contributed by atoms with Crippen LogP contribution >= 0.6 is 0 Å². The largest absolute Gasteiger partial charge is 0.495 e. The van der Waals surface area contributed by atoms with E-state index < -0.39 is 16.9 Å². The van der Waals surface area contributed by atoms with E-state index in [-0.39, 0.29) is 11.4 Å². The number of amides is 1. The lowest BCUT2D eigenvalue weighted by Crippen LogP contribution is -2.30. The van der Waals surface area contributed by atoms with Crippen LogP contribution in [0.3, 0.4) is 0 Å². The fraction of sp³-hybridized carbons (Fsp3) is 0.278. The third-order valence-corrected chi connectivity index (χ3v) is 3.68. The Labute approximate surface area is 145 Å². The van der Waals surface area contributed by atoms with Gasteiger partial charge in [-0.3, -0.25) is 14.9 Å². The van der Waals surface area contributed by atoms with E-state index in [2.05, 4.69) is 5.32 Å². The van der Waals surface area contributed by atoms with Crippen molar-refractivity contribution in [2.75, 3.05) is 12.4 Å². The Balaban J connectivity index is 2.15. The lowest BCUT2D eigenvalue weighted by molar-refractivity contribution is -0.384. The van der Waals surface area contributed by atoms with E-state index in [0.717, 1.165) is 12.0 Å². The molecule has 0 unspecified atom stereocenters. The number of anilines is 1. The van der Waals surface area contributed by atoms with Crippen molar-refractivity contribution in [2.45, 2.75) is 26.4 Å². The van der Waals surface area contributed by atoms with Crippen LogP contribution < -0.4 is 14.8 Å². The first-order valence-corrected chi connectivity index (χ1v) is 7.84. The summed E-state index contributed by atoms with van der Waals surface area (Å²) in [6.07, 6.45) is 0.000105. The number of carbonyl (C=O) groups excluding carboxylic acids is 1. The number of carbonyl (C=O) groups is 1. The monoisotopic (exact) mass is 344 g/mol. The molecule has 0 aromatic heterocycles. The number of benzene rings is 2. The highest BCUT2D eigenvalue weighted by Gasteiger charge is 2.19. The molecule has 2 aromatic rings. The average molecular weight is 344 g/mol. The molecule has 0 saturated carbocycles. The molecule has 0 aliphatic carbocycles. The molecule has 2 aromatic carbocycles. The van der Waals surface area contributed by atoms with Crippen molar-refractivity contribution in [3.63, 3.8) is 0 Å². The van der Waals surface area contributed by atoms with Gasteiger partial charge in [-0.2, -0.15) is 0 Å². The summed E-state index contributed by atoms with van der Waals surface area (Å²) < 4.78 is 10.9. The first-order chi connectivity index (χ1) is 12.0. The summed E-state index contributed by atoms with van der Waals surface area (Å²) in [6.45, 7) is 3.62. The van der Waals surface area contributed by atoms with Crippen LogP contribution in [0.2, 0.25) is 0 Å². The minimum Gasteiger partial charge on any atom is -0.495 e. The highest BCUT2D eigenvalue weighted by Crippen LogP contribution is 2.29. The molecule has 7 nitrogen and oxygen atoms in total. The Kier molecular flexibility index (Phi) is 5.94. The highest BCUT2D eigenvalue weighted by molar-refractivity contribution is 5.95. The predicted molar refractivity (Wildman–Crippen MR) is 94.2 cm³/mol. The molecule has 0 spiro atoms. The number of para-hydroxylation sites is 1. The van der Waals surface area contributed by atoms with Gasteiger partial charge in [0.05, 0.1) is 17.7 Å². The van der Waals surface area contributed by atoms with Crippen LogP contribution in [0.15, 0.2) is 42.5 Å². The first kappa shape index (κ1) is 18.3. The Morgan fingerprint density at radius 3 is 2.60 bits per heavy atom. The molecule has 1 N–H and O–H groups in total. The third-order valence-electron chi connectivity index (χ3n) is 3.68. The van der Waals surface area contributed by atoms with Gasteiger partial charge in [-0.25, -0.2) is 0 Å². The second-order valence-electron chi connectivity index (χ2n) is 5.35.